The zero-order chi connectivity index (χ0) is 10.1. The SMILES string of the molecule is CN(C(=O)CBr)C1CC2CCC1CC2. The molecule has 0 saturated heterocycles. The smallest absolute Gasteiger partial charge is 0.233 e. The molecule has 0 aromatic heterocycles. The van der Waals surface area contributed by atoms with Crippen molar-refractivity contribution in [3.8, 4) is 0 Å². The summed E-state index contributed by atoms with van der Waals surface area (Å²) in [7, 11) is 1.97. The lowest BCUT2D eigenvalue weighted by molar-refractivity contribution is -0.132. The van der Waals surface area contributed by atoms with Gasteiger partial charge in [0.2, 0.25) is 5.91 Å². The molecule has 0 aromatic carbocycles. The van der Waals surface area contributed by atoms with E-state index in [0.29, 0.717) is 11.4 Å². The van der Waals surface area contributed by atoms with Gasteiger partial charge in [-0.15, -0.1) is 0 Å². The van der Waals surface area contributed by atoms with Gasteiger partial charge in [0.25, 0.3) is 0 Å². The number of hydrogen-bond acceptors (Lipinski definition) is 1. The topological polar surface area (TPSA) is 20.3 Å². The Morgan fingerprint density at radius 1 is 1.36 bits per heavy atom. The Morgan fingerprint density at radius 2 is 2.00 bits per heavy atom. The molecule has 0 N–H and O–H groups in total. The molecular weight excluding hydrogens is 242 g/mol. The Balaban J connectivity index is 2.01. The molecule has 0 aromatic rings. The molecule has 3 saturated carbocycles. The summed E-state index contributed by atoms with van der Waals surface area (Å²) in [4.78, 5) is 13.5. The normalized spacial score (nSPS) is 35.7. The average Bonchev–Trinajstić information content (AvgIpc) is 2.28. The molecule has 3 rings (SSSR count). The van der Waals surface area contributed by atoms with E-state index >= 15 is 0 Å². The molecule has 1 atom stereocenters. The molecule has 0 aliphatic heterocycles. The van der Waals surface area contributed by atoms with Crippen molar-refractivity contribution in [2.75, 3.05) is 12.4 Å². The molecule has 0 heterocycles. The largest absolute Gasteiger partial charge is 0.342 e. The van der Waals surface area contributed by atoms with Crippen LogP contribution in [0.3, 0.4) is 0 Å². The summed E-state index contributed by atoms with van der Waals surface area (Å²) in [5.74, 6) is 1.92. The van der Waals surface area contributed by atoms with E-state index in [1.807, 2.05) is 11.9 Å². The van der Waals surface area contributed by atoms with E-state index in [0.717, 1.165) is 11.8 Å². The number of halogens is 1. The number of amides is 1. The third kappa shape index (κ3) is 1.83. The second-order valence-corrected chi connectivity index (χ2v) is 5.28. The molecule has 14 heavy (non-hydrogen) atoms. The van der Waals surface area contributed by atoms with Crippen LogP contribution in [0.5, 0.6) is 0 Å². The van der Waals surface area contributed by atoms with Crippen LogP contribution in [0, 0.1) is 11.8 Å². The van der Waals surface area contributed by atoms with E-state index in [1.165, 1.54) is 32.1 Å². The van der Waals surface area contributed by atoms with Gasteiger partial charge in [0, 0.05) is 13.1 Å². The van der Waals surface area contributed by atoms with Gasteiger partial charge in [-0.2, -0.15) is 0 Å². The summed E-state index contributed by atoms with van der Waals surface area (Å²) in [5.41, 5.74) is 0. The maximum Gasteiger partial charge on any atom is 0.233 e. The molecule has 0 radical (unpaired) electrons. The minimum atomic E-state index is 0.238. The van der Waals surface area contributed by atoms with Gasteiger partial charge >= 0.3 is 0 Å². The quantitative estimate of drug-likeness (QED) is 0.698. The van der Waals surface area contributed by atoms with Crippen molar-refractivity contribution in [3.63, 3.8) is 0 Å². The summed E-state index contributed by atoms with van der Waals surface area (Å²) in [6, 6.07) is 0.535. The second kappa shape index (κ2) is 4.21. The van der Waals surface area contributed by atoms with E-state index in [2.05, 4.69) is 15.9 Å². The first kappa shape index (κ1) is 10.5. The van der Waals surface area contributed by atoms with Crippen LogP contribution in [0.15, 0.2) is 0 Å². The highest BCUT2D eigenvalue weighted by atomic mass is 79.9. The highest BCUT2D eigenvalue weighted by molar-refractivity contribution is 9.09. The second-order valence-electron chi connectivity index (χ2n) is 4.72. The van der Waals surface area contributed by atoms with E-state index in [9.17, 15) is 4.79 Å². The van der Waals surface area contributed by atoms with Gasteiger partial charge in [-0.1, -0.05) is 28.8 Å². The summed E-state index contributed by atoms with van der Waals surface area (Å²) >= 11 is 3.24. The highest BCUT2D eigenvalue weighted by Gasteiger charge is 2.38. The molecule has 0 spiro atoms. The van der Waals surface area contributed by atoms with Crippen molar-refractivity contribution in [1.29, 1.82) is 0 Å². The summed E-state index contributed by atoms with van der Waals surface area (Å²) in [6.07, 6.45) is 6.74. The first-order valence-corrected chi connectivity index (χ1v) is 6.66. The van der Waals surface area contributed by atoms with Gasteiger partial charge in [0.1, 0.15) is 0 Å². The molecule has 3 heteroatoms. The fourth-order valence-corrected chi connectivity index (χ4v) is 3.49. The number of nitrogens with zero attached hydrogens (tertiary/aromatic N) is 1. The van der Waals surface area contributed by atoms with Crippen LogP contribution in [0.1, 0.15) is 32.1 Å². The fourth-order valence-electron chi connectivity index (χ4n) is 3.10. The van der Waals surface area contributed by atoms with Gasteiger partial charge in [-0.25, -0.2) is 0 Å². The van der Waals surface area contributed by atoms with Crippen LogP contribution in [0.4, 0.5) is 0 Å². The molecular formula is C11H18BrNO. The Morgan fingerprint density at radius 3 is 2.43 bits per heavy atom. The summed E-state index contributed by atoms with van der Waals surface area (Å²) in [5, 5.41) is 0.470. The average molecular weight is 260 g/mol. The van der Waals surface area contributed by atoms with Crippen molar-refractivity contribution >= 4 is 21.8 Å². The third-order valence-corrected chi connectivity index (χ3v) is 4.50. The van der Waals surface area contributed by atoms with Crippen LogP contribution < -0.4 is 0 Å². The summed E-state index contributed by atoms with van der Waals surface area (Å²) < 4.78 is 0. The molecule has 3 aliphatic carbocycles. The van der Waals surface area contributed by atoms with Crippen LogP contribution in [0.2, 0.25) is 0 Å². The maximum atomic E-state index is 11.6. The Hall–Kier alpha value is -0.0500. The minimum Gasteiger partial charge on any atom is -0.342 e. The first-order chi connectivity index (χ1) is 6.72. The summed E-state index contributed by atoms with van der Waals surface area (Å²) in [6.45, 7) is 0. The highest BCUT2D eigenvalue weighted by Crippen LogP contribution is 2.43. The minimum absolute atomic E-state index is 0.238. The van der Waals surface area contributed by atoms with Crippen LogP contribution >= 0.6 is 15.9 Å². The molecule has 3 aliphatic rings. The zero-order valence-electron chi connectivity index (χ0n) is 8.71. The van der Waals surface area contributed by atoms with Crippen LogP contribution in [-0.4, -0.2) is 29.2 Å². The lowest BCUT2D eigenvalue weighted by atomic mass is 9.67. The maximum absolute atomic E-state index is 11.6. The lowest BCUT2D eigenvalue weighted by Gasteiger charge is -2.46. The van der Waals surface area contributed by atoms with E-state index in [4.69, 9.17) is 0 Å². The van der Waals surface area contributed by atoms with E-state index < -0.39 is 0 Å². The number of rotatable bonds is 2. The number of fused-ring (bicyclic) bond motifs is 3. The Kier molecular flexibility index (Phi) is 3.15. The number of carbonyl (C=O) groups is 1. The van der Waals surface area contributed by atoms with E-state index in [1.54, 1.807) is 0 Å². The van der Waals surface area contributed by atoms with Gasteiger partial charge in [0.15, 0.2) is 0 Å². The van der Waals surface area contributed by atoms with Crippen molar-refractivity contribution in [3.05, 3.63) is 0 Å². The molecule has 2 bridgehead atoms. The van der Waals surface area contributed by atoms with Gasteiger partial charge < -0.3 is 4.90 Å². The predicted octanol–water partition coefficient (Wildman–Crippen LogP) is 2.42. The molecule has 80 valence electrons. The molecule has 3 fully saturated rings. The van der Waals surface area contributed by atoms with Gasteiger partial charge in [-0.05, 0) is 31.1 Å². The Bertz CT molecular complexity index is 223. The Labute approximate surface area is 94.2 Å². The fraction of sp³-hybridized carbons (Fsp3) is 0.909. The third-order valence-electron chi connectivity index (χ3n) is 4.02. The van der Waals surface area contributed by atoms with Crippen molar-refractivity contribution in [2.45, 2.75) is 38.1 Å². The van der Waals surface area contributed by atoms with Gasteiger partial charge in [-0.3, -0.25) is 4.79 Å². The van der Waals surface area contributed by atoms with Crippen LogP contribution in [0.25, 0.3) is 0 Å². The van der Waals surface area contributed by atoms with Gasteiger partial charge in [0.05, 0.1) is 5.33 Å². The standard InChI is InChI=1S/C11H18BrNO/c1-13(11(14)7-12)10-6-8-2-4-9(10)5-3-8/h8-10H,2-7H2,1H3. The van der Waals surface area contributed by atoms with E-state index in [-0.39, 0.29) is 5.91 Å². The predicted molar refractivity (Wildman–Crippen MR) is 60.4 cm³/mol. The molecule has 1 unspecified atom stereocenters. The number of carbonyl (C=O) groups excluding carboxylic acids is 1. The number of hydrogen-bond donors (Lipinski definition) is 0. The van der Waals surface area contributed by atoms with Crippen LogP contribution in [-0.2, 0) is 4.79 Å². The molecule has 2 nitrogen and oxygen atoms in total. The molecule has 1 amide bonds. The zero-order valence-corrected chi connectivity index (χ0v) is 10.3. The lowest BCUT2D eigenvalue weighted by Crippen LogP contribution is -2.48. The monoisotopic (exact) mass is 259 g/mol. The number of alkyl halides is 1. The van der Waals surface area contributed by atoms with Crippen molar-refractivity contribution < 1.29 is 4.79 Å². The first-order valence-electron chi connectivity index (χ1n) is 5.54. The van der Waals surface area contributed by atoms with Crippen molar-refractivity contribution in [2.24, 2.45) is 11.8 Å². The van der Waals surface area contributed by atoms with Crippen molar-refractivity contribution in [1.82, 2.24) is 4.90 Å².